The number of nitrogens with one attached hydrogen (secondary N) is 1. The maximum Gasteiger partial charge on any atom is 0.410 e. The minimum absolute atomic E-state index is 0.0805. The first-order valence-corrected chi connectivity index (χ1v) is 7.69. The van der Waals surface area contributed by atoms with E-state index in [4.69, 9.17) is 9.15 Å². The molecule has 1 saturated heterocycles. The van der Waals surface area contributed by atoms with Crippen molar-refractivity contribution in [3.63, 3.8) is 0 Å². The van der Waals surface area contributed by atoms with Crippen LogP contribution in [0.25, 0.3) is 11.1 Å². The number of carbonyl (C=O) groups is 1. The number of benzene rings is 1. The molecule has 0 atom stereocenters. The van der Waals surface area contributed by atoms with Crippen molar-refractivity contribution in [2.45, 2.75) is 38.8 Å². The zero-order chi connectivity index (χ0) is 15.5. The number of likely N-dealkylation sites (tertiary alicyclic amines) is 1. The summed E-state index contributed by atoms with van der Waals surface area (Å²) in [5.74, 6) is 0. The average molecular weight is 303 g/mol. The molecule has 1 aliphatic heterocycles. The summed E-state index contributed by atoms with van der Waals surface area (Å²) in [6, 6.07) is 8.50. The minimum Gasteiger partial charge on any atom is -0.447 e. The standard InChI is InChI=1S/C16H21N3O3/c1-11(2)21-16(20)19-9-7-12(8-10-19)17-15-18-13-5-3-4-6-14(13)22-15/h3-6,11-12H,7-10H2,1-2H3,(H,17,18). The Morgan fingerprint density at radius 3 is 2.77 bits per heavy atom. The zero-order valence-electron chi connectivity index (χ0n) is 12.9. The third-order valence-electron chi connectivity index (χ3n) is 3.71. The van der Waals surface area contributed by atoms with E-state index in [0.29, 0.717) is 19.1 Å². The summed E-state index contributed by atoms with van der Waals surface area (Å²) in [6.07, 6.45) is 1.40. The van der Waals surface area contributed by atoms with E-state index in [1.54, 1.807) is 4.90 Å². The van der Waals surface area contributed by atoms with Crippen molar-refractivity contribution in [1.82, 2.24) is 9.88 Å². The molecule has 1 aliphatic rings. The van der Waals surface area contributed by atoms with Crippen molar-refractivity contribution < 1.29 is 13.9 Å². The number of carbonyl (C=O) groups excluding carboxylic acids is 1. The highest BCUT2D eigenvalue weighted by molar-refractivity contribution is 5.74. The average Bonchev–Trinajstić information content (AvgIpc) is 2.89. The number of oxazole rings is 1. The van der Waals surface area contributed by atoms with Gasteiger partial charge in [0.25, 0.3) is 6.01 Å². The predicted octanol–water partition coefficient (Wildman–Crippen LogP) is 3.25. The van der Waals surface area contributed by atoms with Gasteiger partial charge in [0.15, 0.2) is 5.58 Å². The predicted molar refractivity (Wildman–Crippen MR) is 83.8 cm³/mol. The molecule has 22 heavy (non-hydrogen) atoms. The van der Waals surface area contributed by atoms with Crippen LogP contribution in [0.4, 0.5) is 10.8 Å². The highest BCUT2D eigenvalue weighted by Crippen LogP contribution is 2.21. The van der Waals surface area contributed by atoms with E-state index >= 15 is 0 Å². The van der Waals surface area contributed by atoms with Crippen LogP contribution in [-0.2, 0) is 4.74 Å². The van der Waals surface area contributed by atoms with Gasteiger partial charge in [-0.15, -0.1) is 0 Å². The largest absolute Gasteiger partial charge is 0.447 e. The maximum absolute atomic E-state index is 11.8. The molecule has 6 heteroatoms. The Morgan fingerprint density at radius 1 is 1.36 bits per heavy atom. The lowest BCUT2D eigenvalue weighted by atomic mass is 10.1. The fraction of sp³-hybridized carbons (Fsp3) is 0.500. The van der Waals surface area contributed by atoms with E-state index in [-0.39, 0.29) is 18.2 Å². The van der Waals surface area contributed by atoms with E-state index in [1.165, 1.54) is 0 Å². The van der Waals surface area contributed by atoms with Gasteiger partial charge in [-0.25, -0.2) is 4.79 Å². The second-order valence-electron chi connectivity index (χ2n) is 5.82. The number of fused-ring (bicyclic) bond motifs is 1. The molecule has 1 amide bonds. The topological polar surface area (TPSA) is 67.6 Å². The highest BCUT2D eigenvalue weighted by Gasteiger charge is 2.25. The molecule has 1 N–H and O–H groups in total. The minimum atomic E-state index is -0.227. The number of rotatable bonds is 3. The number of aromatic nitrogens is 1. The Kier molecular flexibility index (Phi) is 4.18. The number of para-hydroxylation sites is 2. The molecule has 1 aromatic heterocycles. The SMILES string of the molecule is CC(C)OC(=O)N1CCC(Nc2nc3ccccc3o2)CC1. The van der Waals surface area contributed by atoms with Crippen molar-refractivity contribution in [1.29, 1.82) is 0 Å². The van der Waals surface area contributed by atoms with Crippen molar-refractivity contribution in [2.24, 2.45) is 0 Å². The number of hydrogen-bond acceptors (Lipinski definition) is 5. The third kappa shape index (κ3) is 3.32. The van der Waals surface area contributed by atoms with Crippen molar-refractivity contribution in [3.05, 3.63) is 24.3 Å². The van der Waals surface area contributed by atoms with E-state index < -0.39 is 0 Å². The van der Waals surface area contributed by atoms with Gasteiger partial charge in [-0.05, 0) is 38.8 Å². The molecule has 2 heterocycles. The van der Waals surface area contributed by atoms with Crippen LogP contribution in [0.1, 0.15) is 26.7 Å². The molecule has 6 nitrogen and oxygen atoms in total. The molecule has 0 radical (unpaired) electrons. The van der Waals surface area contributed by atoms with Crippen LogP contribution in [0.5, 0.6) is 0 Å². The molecule has 2 aromatic rings. The Morgan fingerprint density at radius 2 is 2.09 bits per heavy atom. The summed E-state index contributed by atoms with van der Waals surface area (Å²) < 4.78 is 10.9. The smallest absolute Gasteiger partial charge is 0.410 e. The van der Waals surface area contributed by atoms with Crippen LogP contribution in [-0.4, -0.2) is 41.2 Å². The summed E-state index contributed by atoms with van der Waals surface area (Å²) in [4.78, 5) is 18.0. The van der Waals surface area contributed by atoms with Gasteiger partial charge >= 0.3 is 6.09 Å². The van der Waals surface area contributed by atoms with E-state index in [1.807, 2.05) is 38.1 Å². The summed E-state index contributed by atoms with van der Waals surface area (Å²) in [7, 11) is 0. The number of piperidine rings is 1. The van der Waals surface area contributed by atoms with Gasteiger partial charge in [0, 0.05) is 19.1 Å². The molecular weight excluding hydrogens is 282 g/mol. The summed E-state index contributed by atoms with van der Waals surface area (Å²) >= 11 is 0. The van der Waals surface area contributed by atoms with Gasteiger partial charge in [0.1, 0.15) is 5.52 Å². The van der Waals surface area contributed by atoms with Crippen molar-refractivity contribution in [3.8, 4) is 0 Å². The lowest BCUT2D eigenvalue weighted by Crippen LogP contribution is -2.43. The number of ether oxygens (including phenoxy) is 1. The van der Waals surface area contributed by atoms with Crippen LogP contribution in [0.3, 0.4) is 0 Å². The van der Waals surface area contributed by atoms with Gasteiger partial charge in [0.2, 0.25) is 0 Å². The fourth-order valence-corrected chi connectivity index (χ4v) is 2.59. The number of anilines is 1. The molecule has 0 unspecified atom stereocenters. The van der Waals surface area contributed by atoms with Crippen LogP contribution in [0, 0.1) is 0 Å². The van der Waals surface area contributed by atoms with Crippen molar-refractivity contribution >= 4 is 23.2 Å². The Balaban J connectivity index is 1.54. The third-order valence-corrected chi connectivity index (χ3v) is 3.71. The van der Waals surface area contributed by atoms with Crippen LogP contribution < -0.4 is 5.32 Å². The number of amides is 1. The number of hydrogen-bond donors (Lipinski definition) is 1. The monoisotopic (exact) mass is 303 g/mol. The lowest BCUT2D eigenvalue weighted by molar-refractivity contribution is 0.0701. The van der Waals surface area contributed by atoms with Gasteiger partial charge in [-0.2, -0.15) is 4.98 Å². The molecule has 3 rings (SSSR count). The molecule has 0 saturated carbocycles. The number of nitrogens with zero attached hydrogens (tertiary/aromatic N) is 2. The fourth-order valence-electron chi connectivity index (χ4n) is 2.59. The molecule has 0 aliphatic carbocycles. The van der Waals surface area contributed by atoms with Crippen LogP contribution >= 0.6 is 0 Å². The first kappa shape index (κ1) is 14.7. The van der Waals surface area contributed by atoms with Crippen molar-refractivity contribution in [2.75, 3.05) is 18.4 Å². The van der Waals surface area contributed by atoms with Crippen LogP contribution in [0.15, 0.2) is 28.7 Å². The Hall–Kier alpha value is -2.24. The zero-order valence-corrected chi connectivity index (χ0v) is 12.9. The lowest BCUT2D eigenvalue weighted by Gasteiger charge is -2.31. The molecule has 0 bridgehead atoms. The highest BCUT2D eigenvalue weighted by atomic mass is 16.6. The van der Waals surface area contributed by atoms with Gasteiger partial charge in [-0.1, -0.05) is 12.1 Å². The van der Waals surface area contributed by atoms with E-state index in [2.05, 4.69) is 10.3 Å². The molecule has 1 fully saturated rings. The molecule has 0 spiro atoms. The molecular formula is C16H21N3O3. The Labute approximate surface area is 129 Å². The maximum atomic E-state index is 11.8. The summed E-state index contributed by atoms with van der Waals surface area (Å²) in [5.41, 5.74) is 1.63. The second-order valence-corrected chi connectivity index (χ2v) is 5.82. The Bertz CT molecular complexity index is 612. The first-order valence-electron chi connectivity index (χ1n) is 7.69. The molecule has 1 aromatic carbocycles. The van der Waals surface area contributed by atoms with Gasteiger partial charge < -0.3 is 19.4 Å². The van der Waals surface area contributed by atoms with Gasteiger partial charge in [-0.3, -0.25) is 0 Å². The second kappa shape index (κ2) is 6.25. The van der Waals surface area contributed by atoms with Crippen LogP contribution in [0.2, 0.25) is 0 Å². The van der Waals surface area contributed by atoms with E-state index in [9.17, 15) is 4.79 Å². The quantitative estimate of drug-likeness (QED) is 0.942. The normalized spacial score (nSPS) is 16.2. The molecule has 118 valence electrons. The summed E-state index contributed by atoms with van der Waals surface area (Å²) in [5, 5.41) is 3.31. The van der Waals surface area contributed by atoms with E-state index in [0.717, 1.165) is 23.9 Å². The first-order chi connectivity index (χ1) is 10.6. The summed E-state index contributed by atoms with van der Waals surface area (Å²) in [6.45, 7) is 5.09. The van der Waals surface area contributed by atoms with Gasteiger partial charge in [0.05, 0.1) is 6.10 Å².